The second-order valence-corrected chi connectivity index (χ2v) is 5.82. The van der Waals surface area contributed by atoms with Crippen LogP contribution in [-0.2, 0) is 0 Å². The van der Waals surface area contributed by atoms with Crippen LogP contribution in [0.25, 0.3) is 0 Å². The van der Waals surface area contributed by atoms with E-state index in [4.69, 9.17) is 5.73 Å². The number of aryl methyl sites for hydroxylation is 1. The zero-order chi connectivity index (χ0) is 18.9. The van der Waals surface area contributed by atoms with Gasteiger partial charge in [-0.3, -0.25) is 10.9 Å². The van der Waals surface area contributed by atoms with E-state index in [0.29, 0.717) is 5.96 Å². The van der Waals surface area contributed by atoms with Crippen LogP contribution in [0.5, 0.6) is 0 Å². The molecule has 0 aliphatic heterocycles. The summed E-state index contributed by atoms with van der Waals surface area (Å²) in [6.45, 7) is 1.98. The van der Waals surface area contributed by atoms with Gasteiger partial charge in [0.2, 0.25) is 11.9 Å². The summed E-state index contributed by atoms with van der Waals surface area (Å²) in [5.74, 6) is 0.732. The molecule has 0 aliphatic carbocycles. The first kappa shape index (κ1) is 18.0. The molecule has 0 aliphatic rings. The van der Waals surface area contributed by atoms with Gasteiger partial charge in [0.15, 0.2) is 0 Å². The summed E-state index contributed by atoms with van der Waals surface area (Å²) >= 11 is 0. The summed E-state index contributed by atoms with van der Waals surface area (Å²) in [7, 11) is 0. The Kier molecular flexibility index (Phi) is 6.04. The summed E-state index contributed by atoms with van der Waals surface area (Å²) in [5.41, 5.74) is 15.4. The van der Waals surface area contributed by atoms with Crippen LogP contribution in [0.3, 0.4) is 0 Å². The van der Waals surface area contributed by atoms with E-state index < -0.39 is 0 Å². The maximum absolute atomic E-state index is 6.00. The third-order valence-electron chi connectivity index (χ3n) is 3.70. The first-order valence-corrected chi connectivity index (χ1v) is 8.58. The average Bonchev–Trinajstić information content (AvgIpc) is 2.69. The Morgan fingerprint density at radius 1 is 0.741 bits per heavy atom. The van der Waals surface area contributed by atoms with Gasteiger partial charge in [0, 0.05) is 5.69 Å². The van der Waals surface area contributed by atoms with E-state index in [0.717, 1.165) is 22.6 Å². The molecule has 3 aromatic rings. The molecule has 0 radical (unpaired) electrons. The average molecular weight is 358 g/mol. The number of rotatable bonds is 3. The summed E-state index contributed by atoms with van der Waals surface area (Å²) < 4.78 is 0. The van der Waals surface area contributed by atoms with E-state index in [2.05, 4.69) is 26.2 Å². The van der Waals surface area contributed by atoms with Gasteiger partial charge in [-0.2, -0.15) is 0 Å². The molecule has 136 valence electrons. The minimum atomic E-state index is 0.236. The number of nitrogens with zero attached hydrogens (tertiary/aromatic N) is 2. The largest absolute Gasteiger partial charge is 0.368 e. The van der Waals surface area contributed by atoms with E-state index in [-0.39, 0.29) is 5.96 Å². The number of nitrogens with two attached hydrogens (primary N) is 1. The smallest absolute Gasteiger partial charge is 0.220 e. The van der Waals surface area contributed by atoms with Crippen LogP contribution in [-0.4, -0.2) is 11.9 Å². The lowest BCUT2D eigenvalue weighted by atomic mass is 10.2. The molecule has 0 atom stereocenters. The normalized spacial score (nSPS) is 11.7. The highest BCUT2D eigenvalue weighted by atomic mass is 15.5. The monoisotopic (exact) mass is 358 g/mol. The molecule has 0 saturated heterocycles. The minimum absolute atomic E-state index is 0.236. The first-order chi connectivity index (χ1) is 13.2. The number of benzene rings is 3. The maximum Gasteiger partial charge on any atom is 0.220 e. The first-order valence-electron chi connectivity index (χ1n) is 8.58. The predicted octanol–water partition coefficient (Wildman–Crippen LogP) is 3.84. The van der Waals surface area contributed by atoms with Crippen molar-refractivity contribution < 1.29 is 0 Å². The maximum atomic E-state index is 6.00. The highest BCUT2D eigenvalue weighted by Gasteiger charge is 2.02. The number of aliphatic imine (C=N–C) groups is 2. The van der Waals surface area contributed by atoms with Crippen molar-refractivity contribution >= 4 is 29.0 Å². The molecule has 0 aromatic heterocycles. The highest BCUT2D eigenvalue weighted by molar-refractivity contribution is 5.96. The van der Waals surface area contributed by atoms with Gasteiger partial charge in [0.1, 0.15) is 0 Å². The Bertz CT molecular complexity index is 920. The van der Waals surface area contributed by atoms with Gasteiger partial charge in [-0.05, 0) is 42.8 Å². The SMILES string of the molecule is Cc1ccccc1N=C(N)NNC(=Nc1ccccc1)Nc1ccccc1. The number of guanidine groups is 2. The van der Waals surface area contributed by atoms with Crippen LogP contribution >= 0.6 is 0 Å². The Hall–Kier alpha value is -3.80. The summed E-state index contributed by atoms with van der Waals surface area (Å²) in [4.78, 5) is 8.95. The summed E-state index contributed by atoms with van der Waals surface area (Å²) in [5, 5.41) is 3.22. The molecule has 0 heterocycles. The molecule has 6 heteroatoms. The number of anilines is 1. The third-order valence-corrected chi connectivity index (χ3v) is 3.70. The Morgan fingerprint density at radius 2 is 1.37 bits per heavy atom. The van der Waals surface area contributed by atoms with Crippen molar-refractivity contribution in [3.8, 4) is 0 Å². The van der Waals surface area contributed by atoms with Gasteiger partial charge in [-0.15, -0.1) is 0 Å². The molecule has 0 amide bonds. The fourth-order valence-electron chi connectivity index (χ4n) is 2.35. The number of hydrogen-bond donors (Lipinski definition) is 4. The van der Waals surface area contributed by atoms with Crippen LogP contribution < -0.4 is 21.9 Å². The van der Waals surface area contributed by atoms with Gasteiger partial charge in [-0.25, -0.2) is 9.98 Å². The molecule has 3 rings (SSSR count). The predicted molar refractivity (Wildman–Crippen MR) is 112 cm³/mol. The Balaban J connectivity index is 1.75. The zero-order valence-electron chi connectivity index (χ0n) is 15.1. The molecule has 3 aromatic carbocycles. The number of hydrazine groups is 1. The number of hydrogen-bond acceptors (Lipinski definition) is 2. The minimum Gasteiger partial charge on any atom is -0.368 e. The molecule has 0 unspecified atom stereocenters. The second-order valence-electron chi connectivity index (χ2n) is 5.82. The number of nitrogens with one attached hydrogen (secondary N) is 3. The van der Waals surface area contributed by atoms with E-state index in [9.17, 15) is 0 Å². The van der Waals surface area contributed by atoms with E-state index in [1.165, 1.54) is 0 Å². The van der Waals surface area contributed by atoms with Crippen molar-refractivity contribution in [2.45, 2.75) is 6.92 Å². The van der Waals surface area contributed by atoms with Gasteiger partial charge >= 0.3 is 0 Å². The number of para-hydroxylation sites is 3. The van der Waals surface area contributed by atoms with Crippen molar-refractivity contribution in [3.05, 3.63) is 90.5 Å². The Labute approximate surface area is 158 Å². The lowest BCUT2D eigenvalue weighted by Crippen LogP contribution is -2.48. The summed E-state index contributed by atoms with van der Waals surface area (Å²) in [6.07, 6.45) is 0. The van der Waals surface area contributed by atoms with Crippen molar-refractivity contribution in [1.29, 1.82) is 0 Å². The van der Waals surface area contributed by atoms with Crippen LogP contribution in [0.15, 0.2) is 94.9 Å². The third kappa shape index (κ3) is 5.61. The molecule has 0 spiro atoms. The van der Waals surface area contributed by atoms with Gasteiger partial charge in [-0.1, -0.05) is 54.6 Å². The van der Waals surface area contributed by atoms with Crippen LogP contribution in [0.4, 0.5) is 17.1 Å². The van der Waals surface area contributed by atoms with Crippen LogP contribution in [0.1, 0.15) is 5.56 Å². The molecule has 6 nitrogen and oxygen atoms in total. The van der Waals surface area contributed by atoms with E-state index in [1.54, 1.807) is 0 Å². The van der Waals surface area contributed by atoms with Gasteiger partial charge < -0.3 is 11.1 Å². The molecule has 0 fully saturated rings. The zero-order valence-corrected chi connectivity index (χ0v) is 15.1. The van der Waals surface area contributed by atoms with Crippen molar-refractivity contribution in [1.82, 2.24) is 10.9 Å². The molecule has 0 saturated carbocycles. The fourth-order valence-corrected chi connectivity index (χ4v) is 2.35. The van der Waals surface area contributed by atoms with E-state index in [1.807, 2.05) is 91.9 Å². The van der Waals surface area contributed by atoms with Crippen molar-refractivity contribution in [2.75, 3.05) is 5.32 Å². The van der Waals surface area contributed by atoms with Crippen LogP contribution in [0, 0.1) is 6.92 Å². The quantitative estimate of drug-likeness (QED) is 0.325. The molecule has 0 bridgehead atoms. The van der Waals surface area contributed by atoms with Gasteiger partial charge in [0.25, 0.3) is 0 Å². The highest BCUT2D eigenvalue weighted by Crippen LogP contribution is 2.16. The van der Waals surface area contributed by atoms with Gasteiger partial charge in [0.05, 0.1) is 11.4 Å². The lowest BCUT2D eigenvalue weighted by molar-refractivity contribution is 0.851. The fraction of sp³-hybridized carbons (Fsp3) is 0.0476. The molecular weight excluding hydrogens is 336 g/mol. The standard InChI is InChI=1S/C21H22N6/c1-16-10-8-9-15-19(16)25-20(22)26-27-21(23-17-11-4-2-5-12-17)24-18-13-6-3-7-14-18/h2-15H,1H3,(H3,22,25,26)(H2,23,24,27). The Morgan fingerprint density at radius 3 is 2.07 bits per heavy atom. The van der Waals surface area contributed by atoms with E-state index >= 15 is 0 Å². The topological polar surface area (TPSA) is 86.8 Å². The van der Waals surface area contributed by atoms with Crippen molar-refractivity contribution in [3.63, 3.8) is 0 Å². The molecule has 27 heavy (non-hydrogen) atoms. The second kappa shape index (κ2) is 9.05. The molecular formula is C21H22N6. The van der Waals surface area contributed by atoms with Crippen LogP contribution in [0.2, 0.25) is 0 Å². The lowest BCUT2D eigenvalue weighted by Gasteiger charge is -2.14. The van der Waals surface area contributed by atoms with Crippen molar-refractivity contribution in [2.24, 2.45) is 15.7 Å². The summed E-state index contributed by atoms with van der Waals surface area (Å²) in [6, 6.07) is 27.2. The molecule has 5 N–H and O–H groups in total.